The second-order valence-corrected chi connectivity index (χ2v) is 6.81. The van der Waals surface area contributed by atoms with Gasteiger partial charge in [0.15, 0.2) is 5.94 Å². The molecule has 1 atom stereocenters. The van der Waals surface area contributed by atoms with Crippen molar-refractivity contribution in [3.05, 3.63) is 46.3 Å². The standard InChI is InChI=1S/C20H21ClN2O4/c1-3-4-5-6-16-18(19(17(11-24)27-16)20(25)23-26-2)15-10-12-9-13(21)7-8-14(12)22-15/h7-10,16,22H,3-6H2,1-2H3,(H,23,25). The van der Waals surface area contributed by atoms with Crippen LogP contribution in [0, 0.1) is 0 Å². The van der Waals surface area contributed by atoms with Crippen molar-refractivity contribution in [3.8, 4) is 0 Å². The van der Waals surface area contributed by atoms with Crippen LogP contribution in [0.15, 0.2) is 35.6 Å². The van der Waals surface area contributed by atoms with E-state index in [4.69, 9.17) is 21.2 Å². The molecule has 0 radical (unpaired) electrons. The molecule has 0 saturated carbocycles. The van der Waals surface area contributed by atoms with E-state index in [1.807, 2.05) is 18.2 Å². The van der Waals surface area contributed by atoms with E-state index in [1.54, 1.807) is 12.0 Å². The molecule has 3 rings (SSSR count). The molecule has 27 heavy (non-hydrogen) atoms. The third kappa shape index (κ3) is 3.93. The van der Waals surface area contributed by atoms with Crippen LogP contribution in [-0.4, -0.2) is 30.0 Å². The maximum atomic E-state index is 12.5. The number of benzene rings is 1. The van der Waals surface area contributed by atoms with Crippen molar-refractivity contribution in [2.24, 2.45) is 0 Å². The van der Waals surface area contributed by atoms with Crippen molar-refractivity contribution in [2.75, 3.05) is 7.11 Å². The summed E-state index contributed by atoms with van der Waals surface area (Å²) in [4.78, 5) is 32.0. The molecule has 1 aliphatic rings. The number of nitrogens with one attached hydrogen (secondary N) is 2. The molecule has 1 amide bonds. The number of unbranched alkanes of at least 4 members (excludes halogenated alkanes) is 2. The molecule has 0 fully saturated rings. The largest absolute Gasteiger partial charge is 0.474 e. The van der Waals surface area contributed by atoms with Gasteiger partial charge in [-0.15, -0.1) is 0 Å². The number of amides is 1. The van der Waals surface area contributed by atoms with E-state index in [0.29, 0.717) is 22.7 Å². The molecule has 1 aromatic carbocycles. The van der Waals surface area contributed by atoms with E-state index >= 15 is 0 Å². The van der Waals surface area contributed by atoms with Gasteiger partial charge in [-0.2, -0.15) is 0 Å². The highest BCUT2D eigenvalue weighted by Crippen LogP contribution is 2.39. The molecule has 0 spiro atoms. The van der Waals surface area contributed by atoms with Gasteiger partial charge in [0.25, 0.3) is 5.91 Å². The Morgan fingerprint density at radius 1 is 1.37 bits per heavy atom. The topological polar surface area (TPSA) is 80.4 Å². The first kappa shape index (κ1) is 19.2. The van der Waals surface area contributed by atoms with E-state index in [9.17, 15) is 9.59 Å². The molecule has 0 aliphatic carbocycles. The zero-order chi connectivity index (χ0) is 19.4. The molecule has 2 aromatic rings. The van der Waals surface area contributed by atoms with Crippen LogP contribution >= 0.6 is 11.6 Å². The van der Waals surface area contributed by atoms with Crippen LogP contribution in [0.4, 0.5) is 0 Å². The van der Waals surface area contributed by atoms with Crippen LogP contribution in [0.3, 0.4) is 0 Å². The Labute approximate surface area is 162 Å². The van der Waals surface area contributed by atoms with Crippen LogP contribution in [0.5, 0.6) is 0 Å². The molecule has 0 bridgehead atoms. The Kier molecular flexibility index (Phi) is 6.01. The summed E-state index contributed by atoms with van der Waals surface area (Å²) < 4.78 is 5.78. The van der Waals surface area contributed by atoms with Crippen molar-refractivity contribution >= 4 is 39.9 Å². The highest BCUT2D eigenvalue weighted by Gasteiger charge is 2.37. The van der Waals surface area contributed by atoms with Gasteiger partial charge in [-0.25, -0.2) is 10.3 Å². The molecular weight excluding hydrogens is 368 g/mol. The molecule has 2 heterocycles. The Bertz CT molecular complexity index is 941. The molecule has 0 saturated heterocycles. The van der Waals surface area contributed by atoms with Crippen molar-refractivity contribution < 1.29 is 19.2 Å². The minimum atomic E-state index is -0.541. The fourth-order valence-corrected chi connectivity index (χ4v) is 3.51. The van der Waals surface area contributed by atoms with Gasteiger partial charge in [-0.05, 0) is 37.1 Å². The van der Waals surface area contributed by atoms with Crippen molar-refractivity contribution in [3.63, 3.8) is 0 Å². The molecule has 1 aromatic heterocycles. The van der Waals surface area contributed by atoms with E-state index in [-0.39, 0.29) is 11.3 Å². The van der Waals surface area contributed by atoms with Gasteiger partial charge in [0, 0.05) is 27.2 Å². The zero-order valence-electron chi connectivity index (χ0n) is 15.2. The monoisotopic (exact) mass is 388 g/mol. The van der Waals surface area contributed by atoms with Gasteiger partial charge in [-0.3, -0.25) is 9.63 Å². The summed E-state index contributed by atoms with van der Waals surface area (Å²) in [6.45, 7) is 2.11. The lowest BCUT2D eigenvalue weighted by molar-refractivity contribution is -0.127. The van der Waals surface area contributed by atoms with E-state index in [0.717, 1.165) is 30.2 Å². The average molecular weight is 389 g/mol. The molecule has 1 aliphatic heterocycles. The van der Waals surface area contributed by atoms with Crippen molar-refractivity contribution in [1.82, 2.24) is 10.5 Å². The number of rotatable bonds is 7. The zero-order valence-corrected chi connectivity index (χ0v) is 16.0. The number of hydrogen-bond donors (Lipinski definition) is 2. The molecule has 142 valence electrons. The predicted octanol–water partition coefficient (Wildman–Crippen LogP) is 3.95. The lowest BCUT2D eigenvalue weighted by atomic mass is 9.97. The Morgan fingerprint density at radius 2 is 2.19 bits per heavy atom. The molecule has 2 N–H and O–H groups in total. The second-order valence-electron chi connectivity index (χ2n) is 6.37. The fourth-order valence-electron chi connectivity index (χ4n) is 3.33. The number of fused-ring (bicyclic) bond motifs is 1. The summed E-state index contributed by atoms with van der Waals surface area (Å²) in [7, 11) is 1.34. The number of hydroxylamine groups is 1. The second kappa shape index (κ2) is 8.44. The van der Waals surface area contributed by atoms with Gasteiger partial charge in [0.1, 0.15) is 11.7 Å². The quantitative estimate of drug-likeness (QED) is 0.427. The number of aromatic nitrogens is 1. The minimum absolute atomic E-state index is 0.0993. The Balaban J connectivity index is 2.11. The third-order valence-electron chi connectivity index (χ3n) is 4.54. The molecule has 1 unspecified atom stereocenters. The number of H-pyrrole nitrogens is 1. The summed E-state index contributed by atoms with van der Waals surface area (Å²) >= 11 is 6.08. The van der Waals surface area contributed by atoms with Gasteiger partial charge < -0.3 is 9.72 Å². The third-order valence-corrected chi connectivity index (χ3v) is 4.77. The van der Waals surface area contributed by atoms with Gasteiger partial charge in [-0.1, -0.05) is 31.4 Å². The number of halogens is 1. The number of aromatic amines is 1. The summed E-state index contributed by atoms with van der Waals surface area (Å²) in [5.41, 5.74) is 4.63. The average Bonchev–Trinajstić information content (AvgIpc) is 3.22. The Morgan fingerprint density at radius 3 is 2.89 bits per heavy atom. The fraction of sp³-hybridized carbons (Fsp3) is 0.350. The van der Waals surface area contributed by atoms with Crippen LogP contribution in [0.1, 0.15) is 38.3 Å². The van der Waals surface area contributed by atoms with Crippen LogP contribution in [-0.2, 0) is 19.2 Å². The minimum Gasteiger partial charge on any atom is -0.474 e. The lowest BCUT2D eigenvalue weighted by Crippen LogP contribution is -2.24. The van der Waals surface area contributed by atoms with Crippen LogP contribution in [0.2, 0.25) is 5.02 Å². The van der Waals surface area contributed by atoms with Gasteiger partial charge in [0.05, 0.1) is 7.11 Å². The molecular formula is C20H21ClN2O4. The Hall–Kier alpha value is -2.53. The summed E-state index contributed by atoms with van der Waals surface area (Å²) in [6, 6.07) is 7.40. The first-order valence-corrected chi connectivity index (χ1v) is 9.25. The number of hydrogen-bond acceptors (Lipinski definition) is 4. The highest BCUT2D eigenvalue weighted by atomic mass is 35.5. The predicted molar refractivity (Wildman–Crippen MR) is 104 cm³/mol. The van der Waals surface area contributed by atoms with Crippen LogP contribution in [0.25, 0.3) is 16.5 Å². The SMILES string of the molecule is CCCCCC1OC(=C=O)C(C(=O)NOC)=C1c1cc2cc(Cl)ccc2[nH]1. The summed E-state index contributed by atoms with van der Waals surface area (Å²) in [5, 5.41) is 1.53. The molecule has 7 heteroatoms. The summed E-state index contributed by atoms with van der Waals surface area (Å²) in [5.74, 6) is 1.11. The number of ether oxygens (including phenoxy) is 1. The van der Waals surface area contributed by atoms with Crippen molar-refractivity contribution in [2.45, 2.75) is 38.7 Å². The molecule has 6 nitrogen and oxygen atoms in total. The maximum absolute atomic E-state index is 12.5. The van der Waals surface area contributed by atoms with E-state index < -0.39 is 12.0 Å². The first-order chi connectivity index (χ1) is 13.1. The number of carbonyl (C=O) groups excluding carboxylic acids is 2. The summed E-state index contributed by atoms with van der Waals surface area (Å²) in [6.07, 6.45) is 3.30. The first-order valence-electron chi connectivity index (χ1n) is 8.87. The van der Waals surface area contributed by atoms with Gasteiger partial charge in [0.2, 0.25) is 5.76 Å². The van der Waals surface area contributed by atoms with Crippen molar-refractivity contribution in [1.29, 1.82) is 0 Å². The smallest absolute Gasteiger partial charge is 0.279 e. The van der Waals surface area contributed by atoms with Crippen LogP contribution < -0.4 is 5.48 Å². The van der Waals surface area contributed by atoms with E-state index in [1.165, 1.54) is 7.11 Å². The highest BCUT2D eigenvalue weighted by molar-refractivity contribution is 6.31. The van der Waals surface area contributed by atoms with Gasteiger partial charge >= 0.3 is 0 Å². The normalized spacial score (nSPS) is 16.6. The maximum Gasteiger partial charge on any atom is 0.279 e. The lowest BCUT2D eigenvalue weighted by Gasteiger charge is -2.13. The number of carbonyl (C=O) groups is 1. The van der Waals surface area contributed by atoms with E-state index in [2.05, 4.69) is 17.4 Å².